The monoisotopic (exact) mass is 333 g/mol. The summed E-state index contributed by atoms with van der Waals surface area (Å²) in [6.45, 7) is 0.440. The summed E-state index contributed by atoms with van der Waals surface area (Å²) < 4.78 is 11.7. The second kappa shape index (κ2) is 6.61. The van der Waals surface area contributed by atoms with Gasteiger partial charge >= 0.3 is 0 Å². The number of hydrogen-bond donors (Lipinski definition) is 2. The first-order valence-corrected chi connectivity index (χ1v) is 8.81. The van der Waals surface area contributed by atoms with Gasteiger partial charge in [-0.15, -0.1) is 0 Å². The van der Waals surface area contributed by atoms with Crippen LogP contribution in [-0.2, 0) is 9.47 Å². The number of aliphatic hydroxyl groups is 2. The number of aliphatic hydroxyl groups excluding tert-OH is 1. The predicted octanol–water partition coefficient (Wildman–Crippen LogP) is 2.45. The van der Waals surface area contributed by atoms with Crippen LogP contribution in [0.3, 0.4) is 0 Å². The summed E-state index contributed by atoms with van der Waals surface area (Å²) in [5.41, 5.74) is -0.657. The van der Waals surface area contributed by atoms with Gasteiger partial charge in [0.25, 0.3) is 0 Å². The average Bonchev–Trinajstić information content (AvgIpc) is 3.46. The van der Waals surface area contributed by atoms with Gasteiger partial charge in [0.05, 0.1) is 30.3 Å². The number of methoxy groups -OCH3 is 1. The second-order valence-corrected chi connectivity index (χ2v) is 7.57. The molecule has 1 atom stereocenters. The smallest absolute Gasteiger partial charge is 0.191 e. The van der Waals surface area contributed by atoms with Gasteiger partial charge < -0.3 is 19.7 Å². The van der Waals surface area contributed by atoms with Crippen LogP contribution in [0, 0.1) is 22.7 Å². The summed E-state index contributed by atoms with van der Waals surface area (Å²) in [5, 5.41) is 29.5. The number of nitriles is 1. The van der Waals surface area contributed by atoms with Gasteiger partial charge in [0.15, 0.2) is 5.79 Å². The topological polar surface area (TPSA) is 82.7 Å². The molecular formula is C19H27NO4. The molecule has 0 heterocycles. The lowest BCUT2D eigenvalue weighted by atomic mass is 9.64. The Morgan fingerprint density at radius 1 is 1.29 bits per heavy atom. The van der Waals surface area contributed by atoms with Crippen LogP contribution in [0.5, 0.6) is 0 Å². The highest BCUT2D eigenvalue weighted by Crippen LogP contribution is 2.49. The molecule has 0 aromatic heterocycles. The number of rotatable bonds is 6. The molecular weight excluding hydrogens is 306 g/mol. The van der Waals surface area contributed by atoms with Gasteiger partial charge in [0, 0.05) is 13.5 Å². The van der Waals surface area contributed by atoms with E-state index in [2.05, 4.69) is 6.07 Å². The SMILES string of the molecule is COC1(OCC2CC2)C=CC=C(C2(C#N)CCC(O)(CO)CC2)C1. The third kappa shape index (κ3) is 3.43. The molecule has 0 aliphatic heterocycles. The van der Waals surface area contributed by atoms with Crippen molar-refractivity contribution >= 4 is 0 Å². The molecule has 2 saturated carbocycles. The van der Waals surface area contributed by atoms with Crippen LogP contribution >= 0.6 is 0 Å². The molecule has 0 spiro atoms. The number of allylic oxidation sites excluding steroid dienone is 2. The standard InChI is InChI=1S/C19H27NO4/c1-23-19(24-12-15-4-5-15)6-2-3-16(11-19)17(13-20)7-9-18(22,14-21)10-8-17/h2-3,6,15,21-22H,4-5,7-12,14H2,1H3. The fraction of sp³-hybridized carbons (Fsp3) is 0.737. The average molecular weight is 333 g/mol. The normalized spacial score (nSPS) is 39.3. The van der Waals surface area contributed by atoms with Gasteiger partial charge in [-0.1, -0.05) is 12.2 Å². The van der Waals surface area contributed by atoms with Crippen LogP contribution in [0.1, 0.15) is 44.9 Å². The first kappa shape index (κ1) is 17.6. The minimum atomic E-state index is -1.05. The molecule has 132 valence electrons. The number of hydrogen-bond acceptors (Lipinski definition) is 5. The molecule has 0 saturated heterocycles. The molecule has 0 bridgehead atoms. The van der Waals surface area contributed by atoms with Crippen molar-refractivity contribution in [1.29, 1.82) is 5.26 Å². The Labute approximate surface area is 143 Å². The molecule has 0 radical (unpaired) electrons. The largest absolute Gasteiger partial charge is 0.393 e. The Morgan fingerprint density at radius 2 is 2.00 bits per heavy atom. The molecule has 3 aliphatic carbocycles. The van der Waals surface area contributed by atoms with Crippen molar-refractivity contribution in [3.8, 4) is 6.07 Å². The minimum Gasteiger partial charge on any atom is -0.393 e. The van der Waals surface area contributed by atoms with E-state index in [1.807, 2.05) is 18.2 Å². The number of ether oxygens (including phenoxy) is 2. The van der Waals surface area contributed by atoms with Gasteiger partial charge in [0.1, 0.15) is 0 Å². The maximum atomic E-state index is 10.3. The zero-order valence-corrected chi connectivity index (χ0v) is 14.3. The quantitative estimate of drug-likeness (QED) is 0.730. The summed E-state index contributed by atoms with van der Waals surface area (Å²) in [6, 6.07) is 2.48. The fourth-order valence-electron chi connectivity index (χ4n) is 3.67. The molecule has 0 amide bonds. The summed E-state index contributed by atoms with van der Waals surface area (Å²) in [6.07, 6.45) is 10.8. The van der Waals surface area contributed by atoms with Crippen molar-refractivity contribution in [1.82, 2.24) is 0 Å². The molecule has 2 fully saturated rings. The van der Waals surface area contributed by atoms with Crippen LogP contribution in [0.15, 0.2) is 23.8 Å². The molecule has 5 heteroatoms. The van der Waals surface area contributed by atoms with Gasteiger partial charge in [-0.25, -0.2) is 0 Å². The minimum absolute atomic E-state index is 0.250. The van der Waals surface area contributed by atoms with E-state index in [0.717, 1.165) is 5.57 Å². The molecule has 0 aromatic carbocycles. The highest BCUT2D eigenvalue weighted by molar-refractivity contribution is 5.34. The van der Waals surface area contributed by atoms with E-state index in [1.165, 1.54) is 12.8 Å². The van der Waals surface area contributed by atoms with Crippen molar-refractivity contribution in [3.63, 3.8) is 0 Å². The van der Waals surface area contributed by atoms with Gasteiger partial charge in [-0.2, -0.15) is 5.26 Å². The number of nitrogens with zero attached hydrogens (tertiary/aromatic N) is 1. The molecule has 3 aliphatic rings. The van der Waals surface area contributed by atoms with E-state index >= 15 is 0 Å². The molecule has 0 aromatic rings. The highest BCUT2D eigenvalue weighted by Gasteiger charge is 2.47. The van der Waals surface area contributed by atoms with E-state index in [1.54, 1.807) is 7.11 Å². The van der Waals surface area contributed by atoms with Crippen LogP contribution in [0.4, 0.5) is 0 Å². The Hall–Kier alpha value is -1.19. The third-order valence-electron chi connectivity index (χ3n) is 5.85. The lowest BCUT2D eigenvalue weighted by Crippen LogP contribution is -2.44. The first-order chi connectivity index (χ1) is 11.5. The van der Waals surface area contributed by atoms with Crippen LogP contribution in [0.2, 0.25) is 0 Å². The second-order valence-electron chi connectivity index (χ2n) is 7.57. The van der Waals surface area contributed by atoms with Crippen molar-refractivity contribution in [2.75, 3.05) is 20.3 Å². The van der Waals surface area contributed by atoms with Crippen molar-refractivity contribution < 1.29 is 19.7 Å². The molecule has 3 rings (SSSR count). The van der Waals surface area contributed by atoms with E-state index in [4.69, 9.17) is 9.47 Å². The van der Waals surface area contributed by atoms with Crippen LogP contribution < -0.4 is 0 Å². The predicted molar refractivity (Wildman–Crippen MR) is 88.8 cm³/mol. The fourth-order valence-corrected chi connectivity index (χ4v) is 3.67. The zero-order valence-electron chi connectivity index (χ0n) is 14.3. The molecule has 1 unspecified atom stereocenters. The Bertz CT molecular complexity index is 564. The molecule has 24 heavy (non-hydrogen) atoms. The lowest BCUT2D eigenvalue weighted by Gasteiger charge is -2.43. The van der Waals surface area contributed by atoms with E-state index in [0.29, 0.717) is 44.6 Å². The summed E-state index contributed by atoms with van der Waals surface area (Å²) in [7, 11) is 1.64. The van der Waals surface area contributed by atoms with Crippen molar-refractivity contribution in [2.24, 2.45) is 11.3 Å². The van der Waals surface area contributed by atoms with Gasteiger partial charge in [0.2, 0.25) is 0 Å². The van der Waals surface area contributed by atoms with Gasteiger partial charge in [-0.3, -0.25) is 0 Å². The van der Waals surface area contributed by atoms with E-state index in [9.17, 15) is 15.5 Å². The Balaban J connectivity index is 1.74. The maximum Gasteiger partial charge on any atom is 0.191 e. The van der Waals surface area contributed by atoms with Crippen molar-refractivity contribution in [2.45, 2.75) is 56.3 Å². The summed E-state index contributed by atoms with van der Waals surface area (Å²) >= 11 is 0. The molecule has 2 N–H and O–H groups in total. The van der Waals surface area contributed by atoms with E-state index < -0.39 is 16.8 Å². The lowest BCUT2D eigenvalue weighted by molar-refractivity contribution is -0.192. The first-order valence-electron chi connectivity index (χ1n) is 8.81. The summed E-state index contributed by atoms with van der Waals surface area (Å²) in [4.78, 5) is 0. The van der Waals surface area contributed by atoms with Crippen molar-refractivity contribution in [3.05, 3.63) is 23.8 Å². The zero-order chi connectivity index (χ0) is 17.3. The summed E-state index contributed by atoms with van der Waals surface area (Å²) in [5.74, 6) is -0.153. The Morgan fingerprint density at radius 3 is 2.54 bits per heavy atom. The highest BCUT2D eigenvalue weighted by atomic mass is 16.7. The van der Waals surface area contributed by atoms with Crippen LogP contribution in [-0.4, -0.2) is 41.9 Å². The van der Waals surface area contributed by atoms with Gasteiger partial charge in [-0.05, 0) is 56.1 Å². The Kier molecular flexibility index (Phi) is 4.85. The van der Waals surface area contributed by atoms with E-state index in [-0.39, 0.29) is 6.61 Å². The molecule has 5 nitrogen and oxygen atoms in total. The maximum absolute atomic E-state index is 10.3. The van der Waals surface area contributed by atoms with Crippen LogP contribution in [0.25, 0.3) is 0 Å². The third-order valence-corrected chi connectivity index (χ3v) is 5.85.